The maximum atomic E-state index is 14.0. The number of nitrogens with zero attached hydrogens (tertiary/aromatic N) is 2. The number of amides is 2. The van der Waals surface area contributed by atoms with Crippen molar-refractivity contribution >= 4 is 39.1 Å². The van der Waals surface area contributed by atoms with Gasteiger partial charge in [-0.1, -0.05) is 66.6 Å². The Hall–Kier alpha value is -3.56. The van der Waals surface area contributed by atoms with Crippen molar-refractivity contribution in [3.8, 4) is 5.75 Å². The number of benzene rings is 3. The van der Waals surface area contributed by atoms with Gasteiger partial charge in [0, 0.05) is 18.1 Å². The lowest BCUT2D eigenvalue weighted by molar-refractivity contribution is -0.139. The minimum atomic E-state index is -4.20. The molecule has 0 heterocycles. The van der Waals surface area contributed by atoms with E-state index < -0.39 is 28.5 Å². The standard InChI is InChI=1S/C30H36ClN3O5S/c1-5-19-32-30(36)23(4)33(20-24-11-7-8-12-26(24)31)29(35)21-34(27-13-9-10-14-28(27)39-6-2)40(37,38)25-17-15-22(3)16-18-25/h7-18,23H,5-6,19-21H2,1-4H3,(H,32,36). The summed E-state index contributed by atoms with van der Waals surface area (Å²) in [5.41, 5.74) is 1.75. The molecule has 0 aliphatic heterocycles. The molecule has 10 heteroatoms. The van der Waals surface area contributed by atoms with Gasteiger partial charge in [-0.25, -0.2) is 8.42 Å². The number of halogens is 1. The molecule has 40 heavy (non-hydrogen) atoms. The molecule has 214 valence electrons. The molecular weight excluding hydrogens is 550 g/mol. The summed E-state index contributed by atoms with van der Waals surface area (Å²) in [5.74, 6) is -0.592. The number of carbonyl (C=O) groups excluding carboxylic acids is 2. The SMILES string of the molecule is CCCNC(=O)C(C)N(Cc1ccccc1Cl)C(=O)CN(c1ccccc1OCC)S(=O)(=O)c1ccc(C)cc1. The van der Waals surface area contributed by atoms with E-state index in [9.17, 15) is 18.0 Å². The summed E-state index contributed by atoms with van der Waals surface area (Å²) in [6.45, 7) is 7.42. The lowest BCUT2D eigenvalue weighted by Gasteiger charge is -2.32. The van der Waals surface area contributed by atoms with Crippen molar-refractivity contribution in [2.45, 2.75) is 51.6 Å². The first-order valence-electron chi connectivity index (χ1n) is 13.2. The lowest BCUT2D eigenvalue weighted by Crippen LogP contribution is -2.51. The predicted molar refractivity (Wildman–Crippen MR) is 158 cm³/mol. The number of hydrogen-bond donors (Lipinski definition) is 1. The van der Waals surface area contributed by atoms with E-state index in [1.165, 1.54) is 17.0 Å². The van der Waals surface area contributed by atoms with Crippen molar-refractivity contribution in [2.75, 3.05) is 24.0 Å². The summed E-state index contributed by atoms with van der Waals surface area (Å²) in [6.07, 6.45) is 0.730. The largest absolute Gasteiger partial charge is 0.492 e. The van der Waals surface area contributed by atoms with Crippen LogP contribution in [0.3, 0.4) is 0 Å². The molecule has 8 nitrogen and oxygen atoms in total. The van der Waals surface area contributed by atoms with Crippen LogP contribution in [0.1, 0.15) is 38.3 Å². The number of ether oxygens (including phenoxy) is 1. The summed E-state index contributed by atoms with van der Waals surface area (Å²) < 4.78 is 34.8. The second-order valence-corrected chi connectivity index (χ2v) is 11.6. The summed E-state index contributed by atoms with van der Waals surface area (Å²) in [4.78, 5) is 28.4. The fourth-order valence-corrected chi connectivity index (χ4v) is 5.70. The minimum absolute atomic E-state index is 0.0186. The van der Waals surface area contributed by atoms with E-state index in [2.05, 4.69) is 5.32 Å². The highest BCUT2D eigenvalue weighted by molar-refractivity contribution is 7.92. The van der Waals surface area contributed by atoms with Crippen LogP contribution >= 0.6 is 11.6 Å². The van der Waals surface area contributed by atoms with Gasteiger partial charge in [-0.3, -0.25) is 13.9 Å². The number of nitrogens with one attached hydrogen (secondary N) is 1. The van der Waals surface area contributed by atoms with Gasteiger partial charge in [0.25, 0.3) is 10.0 Å². The van der Waals surface area contributed by atoms with E-state index in [4.69, 9.17) is 16.3 Å². The van der Waals surface area contributed by atoms with Gasteiger partial charge >= 0.3 is 0 Å². The second kappa shape index (κ2) is 14.2. The van der Waals surface area contributed by atoms with Gasteiger partial charge in [0.1, 0.15) is 18.3 Å². The molecule has 0 radical (unpaired) electrons. The zero-order chi connectivity index (χ0) is 29.3. The summed E-state index contributed by atoms with van der Waals surface area (Å²) in [5, 5.41) is 3.26. The average molecular weight is 586 g/mol. The van der Waals surface area contributed by atoms with Crippen LogP contribution in [-0.4, -0.2) is 50.9 Å². The van der Waals surface area contributed by atoms with Gasteiger partial charge < -0.3 is 15.0 Å². The van der Waals surface area contributed by atoms with Crippen molar-refractivity contribution in [3.05, 3.63) is 88.9 Å². The molecule has 0 spiro atoms. The van der Waals surface area contributed by atoms with Crippen molar-refractivity contribution in [3.63, 3.8) is 0 Å². The molecule has 1 unspecified atom stereocenters. The molecule has 2 amide bonds. The zero-order valence-electron chi connectivity index (χ0n) is 23.3. The first kappa shape index (κ1) is 31.0. The van der Waals surface area contributed by atoms with Crippen molar-refractivity contribution in [2.24, 2.45) is 0 Å². The number of carbonyl (C=O) groups is 2. The highest BCUT2D eigenvalue weighted by Gasteiger charge is 2.34. The predicted octanol–water partition coefficient (Wildman–Crippen LogP) is 5.19. The normalized spacial score (nSPS) is 11.9. The highest BCUT2D eigenvalue weighted by atomic mass is 35.5. The quantitative estimate of drug-likeness (QED) is 0.298. The average Bonchev–Trinajstić information content (AvgIpc) is 2.94. The number of sulfonamides is 1. The number of aryl methyl sites for hydroxylation is 1. The van der Waals surface area contributed by atoms with Gasteiger partial charge in [0.05, 0.1) is 17.2 Å². The number of anilines is 1. The van der Waals surface area contributed by atoms with Gasteiger partial charge in [-0.15, -0.1) is 0 Å². The molecule has 0 fully saturated rings. The Morgan fingerprint density at radius 2 is 1.62 bits per heavy atom. The Kier molecular flexibility index (Phi) is 11.0. The fraction of sp³-hybridized carbons (Fsp3) is 0.333. The Morgan fingerprint density at radius 1 is 0.975 bits per heavy atom. The van der Waals surface area contributed by atoms with Gasteiger partial charge in [-0.05, 0) is 63.1 Å². The summed E-state index contributed by atoms with van der Waals surface area (Å²) in [7, 11) is -4.20. The molecule has 1 atom stereocenters. The molecule has 0 bridgehead atoms. The van der Waals surface area contributed by atoms with E-state index in [0.717, 1.165) is 16.3 Å². The van der Waals surface area contributed by atoms with E-state index in [1.54, 1.807) is 74.5 Å². The minimum Gasteiger partial charge on any atom is -0.492 e. The fourth-order valence-electron chi connectivity index (χ4n) is 4.08. The van der Waals surface area contributed by atoms with Gasteiger partial charge in [-0.2, -0.15) is 0 Å². The van der Waals surface area contributed by atoms with Crippen LogP contribution in [0, 0.1) is 6.92 Å². The smallest absolute Gasteiger partial charge is 0.264 e. The molecule has 0 saturated carbocycles. The number of rotatable bonds is 13. The molecule has 3 aromatic rings. The summed E-state index contributed by atoms with van der Waals surface area (Å²) >= 11 is 6.40. The van der Waals surface area contributed by atoms with E-state index in [-0.39, 0.29) is 23.0 Å². The highest BCUT2D eigenvalue weighted by Crippen LogP contribution is 2.33. The lowest BCUT2D eigenvalue weighted by atomic mass is 10.1. The van der Waals surface area contributed by atoms with Crippen LogP contribution in [0.25, 0.3) is 0 Å². The molecular formula is C30H36ClN3O5S. The Bertz CT molecular complexity index is 1410. The monoisotopic (exact) mass is 585 g/mol. The van der Waals surface area contributed by atoms with Crippen LogP contribution in [0.5, 0.6) is 5.75 Å². The van der Waals surface area contributed by atoms with Crippen LogP contribution < -0.4 is 14.4 Å². The maximum absolute atomic E-state index is 14.0. The summed E-state index contributed by atoms with van der Waals surface area (Å²) in [6, 6.07) is 19.2. The number of hydrogen-bond acceptors (Lipinski definition) is 5. The first-order chi connectivity index (χ1) is 19.1. The molecule has 3 aromatic carbocycles. The second-order valence-electron chi connectivity index (χ2n) is 9.31. The molecule has 0 aliphatic rings. The Balaban J connectivity index is 2.08. The third-order valence-corrected chi connectivity index (χ3v) is 8.48. The van der Waals surface area contributed by atoms with Crippen LogP contribution in [-0.2, 0) is 26.2 Å². The van der Waals surface area contributed by atoms with Crippen LogP contribution in [0.4, 0.5) is 5.69 Å². The molecule has 3 rings (SSSR count). The zero-order valence-corrected chi connectivity index (χ0v) is 24.8. The van der Waals surface area contributed by atoms with E-state index in [0.29, 0.717) is 29.5 Å². The third-order valence-electron chi connectivity index (χ3n) is 6.34. The van der Waals surface area contributed by atoms with E-state index in [1.807, 2.05) is 13.8 Å². The van der Waals surface area contributed by atoms with Crippen molar-refractivity contribution in [1.29, 1.82) is 0 Å². The van der Waals surface area contributed by atoms with Gasteiger partial charge in [0.15, 0.2) is 0 Å². The Labute approximate surface area is 241 Å². The number of para-hydroxylation sites is 2. The Morgan fingerprint density at radius 3 is 2.27 bits per heavy atom. The molecule has 1 N–H and O–H groups in total. The molecule has 0 aliphatic carbocycles. The third kappa shape index (κ3) is 7.55. The molecule has 0 aromatic heterocycles. The van der Waals surface area contributed by atoms with Gasteiger partial charge in [0.2, 0.25) is 11.8 Å². The van der Waals surface area contributed by atoms with E-state index >= 15 is 0 Å². The topological polar surface area (TPSA) is 96.0 Å². The van der Waals surface area contributed by atoms with Crippen molar-refractivity contribution in [1.82, 2.24) is 10.2 Å². The molecule has 0 saturated heterocycles. The van der Waals surface area contributed by atoms with Crippen molar-refractivity contribution < 1.29 is 22.7 Å². The first-order valence-corrected chi connectivity index (χ1v) is 15.0. The maximum Gasteiger partial charge on any atom is 0.264 e. The van der Waals surface area contributed by atoms with Crippen LogP contribution in [0.15, 0.2) is 77.7 Å². The van der Waals surface area contributed by atoms with Crippen LogP contribution in [0.2, 0.25) is 5.02 Å².